The lowest BCUT2D eigenvalue weighted by Gasteiger charge is -2.34. The third-order valence-electron chi connectivity index (χ3n) is 6.39. The first-order valence-corrected chi connectivity index (χ1v) is 18.0. The summed E-state index contributed by atoms with van der Waals surface area (Å²) in [5.41, 5.74) is 0.482. The van der Waals surface area contributed by atoms with Crippen LogP contribution >= 0.6 is 0 Å². The minimum Gasteiger partial charge on any atom is -0.455 e. The summed E-state index contributed by atoms with van der Waals surface area (Å²) in [7, 11) is -3.94. The molecule has 2 aliphatic rings. The molecule has 2 saturated heterocycles. The molecule has 184 valence electrons. The van der Waals surface area contributed by atoms with E-state index in [4.69, 9.17) is 4.12 Å². The summed E-state index contributed by atoms with van der Waals surface area (Å²) in [6, 6.07) is 1.79. The normalized spacial score (nSPS) is 22.0. The lowest BCUT2D eigenvalue weighted by molar-refractivity contribution is -0.149. The maximum atomic E-state index is 12.4. The van der Waals surface area contributed by atoms with Crippen molar-refractivity contribution in [1.82, 2.24) is 9.80 Å². The first-order chi connectivity index (χ1) is 15.1. The molecule has 0 bridgehead atoms. The molecule has 2 atom stereocenters. The highest BCUT2D eigenvalue weighted by Crippen LogP contribution is 2.31. The Morgan fingerprint density at radius 1 is 0.848 bits per heavy atom. The van der Waals surface area contributed by atoms with E-state index in [9.17, 15) is 24.0 Å². The van der Waals surface area contributed by atoms with Crippen LogP contribution in [0.2, 0.25) is 38.3 Å². The third-order valence-corrected chi connectivity index (χ3v) is 13.9. The van der Waals surface area contributed by atoms with Gasteiger partial charge in [-0.05, 0) is 58.0 Å². The van der Waals surface area contributed by atoms with Gasteiger partial charge in [-0.3, -0.25) is 28.9 Å². The smallest absolute Gasteiger partial charge is 0.239 e. The van der Waals surface area contributed by atoms with E-state index in [1.54, 1.807) is 6.92 Å². The number of carbonyl (C=O) groups excluding carboxylic acids is 5. The molecule has 10 heteroatoms. The lowest BCUT2D eigenvalue weighted by atomic mass is 10.0. The van der Waals surface area contributed by atoms with Crippen LogP contribution < -0.4 is 0 Å². The molecular weight excluding hydrogens is 456 g/mol. The van der Waals surface area contributed by atoms with Crippen LogP contribution in [0.25, 0.3) is 0 Å². The minimum absolute atomic E-state index is 0.118. The van der Waals surface area contributed by atoms with Gasteiger partial charge in [0.15, 0.2) is 16.6 Å². The van der Waals surface area contributed by atoms with Crippen molar-refractivity contribution in [2.75, 3.05) is 0 Å². The van der Waals surface area contributed by atoms with Crippen LogP contribution in [-0.4, -0.2) is 56.0 Å². The number of imide groups is 4. The predicted octanol–water partition coefficient (Wildman–Crippen LogP) is 3.80. The molecule has 5 amide bonds. The quantitative estimate of drug-likeness (QED) is 0.320. The number of likely N-dealkylation sites (tertiary alicyclic amines) is 2. The highest BCUT2D eigenvalue weighted by molar-refractivity contribution is 6.84. The Labute approximate surface area is 199 Å². The fraction of sp³-hybridized carbons (Fsp3) is 0.696. The number of nitrogens with zero attached hydrogens (tertiary/aromatic N) is 2. The summed E-state index contributed by atoms with van der Waals surface area (Å²) in [5.74, 6) is -2.22. The van der Waals surface area contributed by atoms with Gasteiger partial charge < -0.3 is 4.12 Å². The molecule has 2 aliphatic heterocycles. The van der Waals surface area contributed by atoms with Crippen molar-refractivity contribution in [3.8, 4) is 0 Å². The second-order valence-corrected chi connectivity index (χ2v) is 19.5. The summed E-state index contributed by atoms with van der Waals surface area (Å²) < 4.78 is 6.65. The number of carbonyl (C=O) groups is 5. The van der Waals surface area contributed by atoms with E-state index in [1.165, 1.54) is 11.8 Å². The monoisotopic (exact) mass is 494 g/mol. The average molecular weight is 495 g/mol. The lowest BCUT2D eigenvalue weighted by Crippen LogP contribution is -2.44. The van der Waals surface area contributed by atoms with E-state index in [-0.39, 0.29) is 36.5 Å². The number of hydrogen-bond donors (Lipinski definition) is 0. The van der Waals surface area contributed by atoms with E-state index in [0.29, 0.717) is 18.5 Å². The van der Waals surface area contributed by atoms with Gasteiger partial charge in [0.1, 0.15) is 0 Å². The third kappa shape index (κ3) is 7.03. The topological polar surface area (TPSA) is 101 Å². The molecule has 2 unspecified atom stereocenters. The summed E-state index contributed by atoms with van der Waals surface area (Å²) in [6.45, 7) is 15.4. The first-order valence-electron chi connectivity index (χ1n) is 11.7. The van der Waals surface area contributed by atoms with Gasteiger partial charge in [-0.1, -0.05) is 19.4 Å². The van der Waals surface area contributed by atoms with Crippen molar-refractivity contribution < 1.29 is 28.1 Å². The van der Waals surface area contributed by atoms with Crippen molar-refractivity contribution in [2.24, 2.45) is 11.8 Å². The summed E-state index contributed by atoms with van der Waals surface area (Å²) in [6.07, 6.45) is 3.28. The molecule has 0 saturated carbocycles. The Morgan fingerprint density at radius 3 is 1.58 bits per heavy atom. The standard InChI is InChI=1S/C23H38N2O6Si2/c1-16(2)24-20(27)14-18(22(24)29)10-8-12-32(4,5)31-33(6,7)13-9-11-19-15-21(28)25(17(3)26)23(19)30/h18-19H,1,8-15H2,2-7H3. The second-order valence-electron chi connectivity index (χ2n) is 10.6. The largest absolute Gasteiger partial charge is 0.455 e. The Bertz CT molecular complexity index is 786. The molecule has 0 aromatic carbocycles. The fourth-order valence-corrected chi connectivity index (χ4v) is 13.9. The zero-order chi connectivity index (χ0) is 25.1. The van der Waals surface area contributed by atoms with Gasteiger partial charge >= 0.3 is 0 Å². The predicted molar refractivity (Wildman–Crippen MR) is 130 cm³/mol. The number of allylic oxidation sites excluding steroid dienone is 1. The summed E-state index contributed by atoms with van der Waals surface area (Å²) in [5, 5.41) is 0. The van der Waals surface area contributed by atoms with E-state index in [0.717, 1.165) is 29.8 Å². The van der Waals surface area contributed by atoms with Gasteiger partial charge in [-0.15, -0.1) is 0 Å². The first kappa shape index (κ1) is 27.3. The molecule has 8 nitrogen and oxygen atoms in total. The van der Waals surface area contributed by atoms with Crippen molar-refractivity contribution in [1.29, 1.82) is 0 Å². The molecule has 0 N–H and O–H groups in total. The van der Waals surface area contributed by atoms with Crippen LogP contribution in [0.3, 0.4) is 0 Å². The van der Waals surface area contributed by atoms with Crippen LogP contribution in [0.5, 0.6) is 0 Å². The Kier molecular flexibility index (Phi) is 8.75. The Balaban J connectivity index is 1.78. The van der Waals surface area contributed by atoms with E-state index in [2.05, 4.69) is 32.8 Å². The molecule has 0 aliphatic carbocycles. The molecule has 0 aromatic rings. The Hall–Kier alpha value is -1.92. The zero-order valence-electron chi connectivity index (χ0n) is 20.9. The van der Waals surface area contributed by atoms with Crippen molar-refractivity contribution in [3.63, 3.8) is 0 Å². The highest BCUT2D eigenvalue weighted by atomic mass is 28.4. The van der Waals surface area contributed by atoms with E-state index < -0.39 is 34.4 Å². The van der Waals surface area contributed by atoms with Crippen LogP contribution in [0.4, 0.5) is 0 Å². The van der Waals surface area contributed by atoms with Crippen LogP contribution in [-0.2, 0) is 28.1 Å². The fourth-order valence-electron chi connectivity index (χ4n) is 4.97. The van der Waals surface area contributed by atoms with E-state index >= 15 is 0 Å². The molecule has 0 spiro atoms. The second kappa shape index (κ2) is 10.6. The maximum absolute atomic E-state index is 12.4. The van der Waals surface area contributed by atoms with Crippen LogP contribution in [0.1, 0.15) is 52.4 Å². The van der Waals surface area contributed by atoms with Crippen molar-refractivity contribution >= 4 is 46.2 Å². The molecule has 2 fully saturated rings. The average Bonchev–Trinajstić information content (AvgIpc) is 3.08. The van der Waals surface area contributed by atoms with Crippen LogP contribution in [0, 0.1) is 11.8 Å². The molecule has 0 radical (unpaired) electrons. The van der Waals surface area contributed by atoms with Gasteiger partial charge in [0.05, 0.1) is 0 Å². The molecule has 0 aromatic heterocycles. The molecule has 2 heterocycles. The van der Waals surface area contributed by atoms with E-state index in [1.807, 2.05) is 0 Å². The SMILES string of the molecule is C=C(C)N1C(=O)CC(CCC[Si](C)(C)O[Si](C)(C)CCCC2CC(=O)N(C(C)=O)C2=O)C1=O. The molecular formula is C23H38N2O6Si2. The molecule has 33 heavy (non-hydrogen) atoms. The van der Waals surface area contributed by atoms with Gasteiger partial charge in [-0.2, -0.15) is 0 Å². The Morgan fingerprint density at radius 2 is 1.24 bits per heavy atom. The van der Waals surface area contributed by atoms with Gasteiger partial charge in [-0.25, -0.2) is 4.90 Å². The van der Waals surface area contributed by atoms with Gasteiger partial charge in [0.25, 0.3) is 0 Å². The minimum atomic E-state index is -1.98. The summed E-state index contributed by atoms with van der Waals surface area (Å²) >= 11 is 0. The van der Waals surface area contributed by atoms with Crippen molar-refractivity contribution in [3.05, 3.63) is 12.3 Å². The van der Waals surface area contributed by atoms with Crippen LogP contribution in [0.15, 0.2) is 12.3 Å². The molecule has 2 rings (SSSR count). The summed E-state index contributed by atoms with van der Waals surface area (Å²) in [4.78, 5) is 62.1. The number of amides is 5. The van der Waals surface area contributed by atoms with Gasteiger partial charge in [0, 0.05) is 37.3 Å². The highest BCUT2D eigenvalue weighted by Gasteiger charge is 2.42. The maximum Gasteiger partial charge on any atom is 0.239 e. The van der Waals surface area contributed by atoms with Crippen molar-refractivity contribution in [2.45, 2.75) is 90.6 Å². The zero-order valence-corrected chi connectivity index (χ0v) is 22.9. The van der Waals surface area contributed by atoms with Gasteiger partial charge in [0.2, 0.25) is 29.5 Å². The number of hydrogen-bond acceptors (Lipinski definition) is 6. The number of rotatable bonds is 11.